The Morgan fingerprint density at radius 3 is 2.69 bits per heavy atom. The molecule has 1 atom stereocenters. The number of nitrogens with two attached hydrogens (primary N) is 1. The van der Waals surface area contributed by atoms with Crippen LogP contribution in [0.1, 0.15) is 25.8 Å². The molecule has 9 nitrogen and oxygen atoms in total. The third-order valence-electron chi connectivity index (χ3n) is 5.81. The van der Waals surface area contributed by atoms with Gasteiger partial charge in [-0.05, 0) is 25.1 Å². The maximum atomic E-state index is 12.1. The standard InChI is InChI=1S/C23H30N8O/c1-4-20(32)31-10-9-30(14-15(31)2)19-13-26-22(24)21(29-19)23-27-12-18(28-23)17-7-5-16(6-8-17)11-25-3/h5-8,12-13,15,25H,4,9-11,14H2,1-3H3,(H2,24,26)(H,27,28)/t15-/m1/s1. The Balaban J connectivity index is 1.54. The summed E-state index contributed by atoms with van der Waals surface area (Å²) in [6.07, 6.45) is 4.00. The van der Waals surface area contributed by atoms with Gasteiger partial charge in [-0.25, -0.2) is 15.0 Å². The Labute approximate surface area is 188 Å². The fourth-order valence-electron chi connectivity index (χ4n) is 4.05. The Bertz CT molecular complexity index is 1080. The van der Waals surface area contributed by atoms with Crippen molar-refractivity contribution >= 4 is 17.5 Å². The summed E-state index contributed by atoms with van der Waals surface area (Å²) in [6, 6.07) is 8.42. The van der Waals surface area contributed by atoms with Crippen LogP contribution in [-0.4, -0.2) is 63.5 Å². The van der Waals surface area contributed by atoms with Crippen LogP contribution in [0.5, 0.6) is 0 Å². The van der Waals surface area contributed by atoms with Gasteiger partial charge in [0.2, 0.25) is 5.91 Å². The lowest BCUT2D eigenvalue weighted by Crippen LogP contribution is -2.54. The first-order chi connectivity index (χ1) is 15.5. The lowest BCUT2D eigenvalue weighted by molar-refractivity contribution is -0.133. The van der Waals surface area contributed by atoms with E-state index in [4.69, 9.17) is 10.7 Å². The maximum Gasteiger partial charge on any atom is 0.222 e. The van der Waals surface area contributed by atoms with Gasteiger partial charge in [0, 0.05) is 38.6 Å². The number of aromatic amines is 1. The number of amides is 1. The Kier molecular flexibility index (Phi) is 6.36. The average Bonchev–Trinajstić information content (AvgIpc) is 3.29. The summed E-state index contributed by atoms with van der Waals surface area (Å²) in [5.74, 6) is 1.83. The zero-order chi connectivity index (χ0) is 22.7. The molecule has 0 radical (unpaired) electrons. The van der Waals surface area contributed by atoms with E-state index in [0.717, 1.165) is 23.6 Å². The van der Waals surface area contributed by atoms with Crippen molar-refractivity contribution in [2.24, 2.45) is 0 Å². The normalized spacial score (nSPS) is 16.4. The molecule has 0 spiro atoms. The Hall–Kier alpha value is -3.46. The number of nitrogens with one attached hydrogen (secondary N) is 2. The van der Waals surface area contributed by atoms with E-state index in [1.54, 1.807) is 12.4 Å². The van der Waals surface area contributed by atoms with E-state index in [0.29, 0.717) is 43.4 Å². The van der Waals surface area contributed by atoms with E-state index in [-0.39, 0.29) is 11.9 Å². The largest absolute Gasteiger partial charge is 0.382 e. The third kappa shape index (κ3) is 4.43. The number of carbonyl (C=O) groups is 1. The number of hydrogen-bond donors (Lipinski definition) is 3. The highest BCUT2D eigenvalue weighted by Gasteiger charge is 2.27. The lowest BCUT2D eigenvalue weighted by atomic mass is 10.1. The maximum absolute atomic E-state index is 12.1. The molecule has 0 saturated carbocycles. The molecule has 0 bridgehead atoms. The van der Waals surface area contributed by atoms with Crippen LogP contribution in [0.4, 0.5) is 11.6 Å². The van der Waals surface area contributed by atoms with Gasteiger partial charge < -0.3 is 25.8 Å². The predicted octanol–water partition coefficient (Wildman–Crippen LogP) is 2.28. The van der Waals surface area contributed by atoms with Gasteiger partial charge in [0.1, 0.15) is 5.82 Å². The molecule has 1 fully saturated rings. The van der Waals surface area contributed by atoms with Crippen molar-refractivity contribution in [3.8, 4) is 22.8 Å². The van der Waals surface area contributed by atoms with E-state index in [1.807, 2.05) is 18.9 Å². The van der Waals surface area contributed by atoms with E-state index in [1.165, 1.54) is 5.56 Å². The number of imidazole rings is 1. The van der Waals surface area contributed by atoms with Crippen LogP contribution in [0, 0.1) is 0 Å². The van der Waals surface area contributed by atoms with Crippen molar-refractivity contribution in [1.29, 1.82) is 0 Å². The second-order valence-electron chi connectivity index (χ2n) is 8.07. The molecule has 1 amide bonds. The van der Waals surface area contributed by atoms with Crippen LogP contribution in [0.15, 0.2) is 36.7 Å². The van der Waals surface area contributed by atoms with Crippen molar-refractivity contribution in [3.05, 3.63) is 42.2 Å². The Morgan fingerprint density at radius 1 is 1.22 bits per heavy atom. The number of nitrogens with zero attached hydrogens (tertiary/aromatic N) is 5. The van der Waals surface area contributed by atoms with Crippen molar-refractivity contribution < 1.29 is 4.79 Å². The molecule has 1 aliphatic rings. The van der Waals surface area contributed by atoms with Gasteiger partial charge in [-0.15, -0.1) is 0 Å². The quantitative estimate of drug-likeness (QED) is 0.545. The minimum Gasteiger partial charge on any atom is -0.382 e. The fraction of sp³-hybridized carbons (Fsp3) is 0.391. The monoisotopic (exact) mass is 434 g/mol. The highest BCUT2D eigenvalue weighted by atomic mass is 16.2. The number of carbonyl (C=O) groups excluding carboxylic acids is 1. The summed E-state index contributed by atoms with van der Waals surface area (Å²) < 4.78 is 0. The van der Waals surface area contributed by atoms with Gasteiger partial charge in [0.05, 0.1) is 18.1 Å². The van der Waals surface area contributed by atoms with Gasteiger partial charge in [-0.3, -0.25) is 4.79 Å². The number of aromatic nitrogens is 4. The second-order valence-corrected chi connectivity index (χ2v) is 8.07. The second kappa shape index (κ2) is 9.35. The van der Waals surface area contributed by atoms with Crippen molar-refractivity contribution in [1.82, 2.24) is 30.2 Å². The average molecular weight is 435 g/mol. The van der Waals surface area contributed by atoms with Gasteiger partial charge in [0.15, 0.2) is 17.3 Å². The topological polar surface area (TPSA) is 116 Å². The van der Waals surface area contributed by atoms with Gasteiger partial charge >= 0.3 is 0 Å². The van der Waals surface area contributed by atoms with Gasteiger partial charge in [-0.2, -0.15) is 0 Å². The molecule has 4 rings (SSSR count). The van der Waals surface area contributed by atoms with Crippen molar-refractivity contribution in [3.63, 3.8) is 0 Å². The summed E-state index contributed by atoms with van der Waals surface area (Å²) in [7, 11) is 1.93. The molecule has 4 N–H and O–H groups in total. The molecule has 0 aliphatic carbocycles. The van der Waals surface area contributed by atoms with E-state index >= 15 is 0 Å². The smallest absolute Gasteiger partial charge is 0.222 e. The van der Waals surface area contributed by atoms with Crippen LogP contribution in [0.25, 0.3) is 22.8 Å². The summed E-state index contributed by atoms with van der Waals surface area (Å²) >= 11 is 0. The molecule has 1 saturated heterocycles. The summed E-state index contributed by atoms with van der Waals surface area (Å²) in [5, 5.41) is 3.15. The molecular weight excluding hydrogens is 404 g/mol. The summed E-state index contributed by atoms with van der Waals surface area (Å²) in [5.41, 5.74) is 9.82. The lowest BCUT2D eigenvalue weighted by Gasteiger charge is -2.40. The molecule has 2 aromatic heterocycles. The highest BCUT2D eigenvalue weighted by molar-refractivity contribution is 5.76. The first kappa shape index (κ1) is 21.8. The molecule has 168 valence electrons. The number of H-pyrrole nitrogens is 1. The van der Waals surface area contributed by atoms with Crippen LogP contribution in [0.2, 0.25) is 0 Å². The molecule has 3 aromatic rings. The van der Waals surface area contributed by atoms with Crippen LogP contribution in [-0.2, 0) is 11.3 Å². The number of anilines is 2. The van der Waals surface area contributed by atoms with Gasteiger partial charge in [-0.1, -0.05) is 31.2 Å². The SMILES string of the molecule is CCC(=O)N1CCN(c2cnc(N)c(-c3ncc(-c4ccc(CNC)cc4)[nH]3)n2)C[C@H]1C. The third-order valence-corrected chi connectivity index (χ3v) is 5.81. The van der Waals surface area contributed by atoms with E-state index in [9.17, 15) is 4.79 Å². The van der Waals surface area contributed by atoms with Crippen molar-refractivity contribution in [2.75, 3.05) is 37.3 Å². The predicted molar refractivity (Wildman–Crippen MR) is 126 cm³/mol. The summed E-state index contributed by atoms with van der Waals surface area (Å²) in [4.78, 5) is 33.2. The number of benzene rings is 1. The minimum atomic E-state index is 0.111. The number of hydrogen-bond acceptors (Lipinski definition) is 7. The van der Waals surface area contributed by atoms with E-state index in [2.05, 4.69) is 56.4 Å². The van der Waals surface area contributed by atoms with Crippen LogP contribution in [0.3, 0.4) is 0 Å². The number of nitrogen functional groups attached to an aromatic ring is 1. The molecule has 32 heavy (non-hydrogen) atoms. The first-order valence-electron chi connectivity index (χ1n) is 11.0. The molecule has 1 aliphatic heterocycles. The summed E-state index contributed by atoms with van der Waals surface area (Å²) in [6.45, 7) is 6.86. The zero-order valence-electron chi connectivity index (χ0n) is 18.8. The fourth-order valence-corrected chi connectivity index (χ4v) is 4.05. The Morgan fingerprint density at radius 2 is 2.00 bits per heavy atom. The zero-order valence-corrected chi connectivity index (χ0v) is 18.8. The van der Waals surface area contributed by atoms with Crippen molar-refractivity contribution in [2.45, 2.75) is 32.9 Å². The van der Waals surface area contributed by atoms with Gasteiger partial charge in [0.25, 0.3) is 0 Å². The molecule has 0 unspecified atom stereocenters. The van der Waals surface area contributed by atoms with E-state index < -0.39 is 0 Å². The first-order valence-corrected chi connectivity index (χ1v) is 11.0. The van der Waals surface area contributed by atoms with Crippen LogP contribution >= 0.6 is 0 Å². The highest BCUT2D eigenvalue weighted by Crippen LogP contribution is 2.27. The molecular formula is C23H30N8O. The number of rotatable bonds is 6. The molecule has 3 heterocycles. The minimum absolute atomic E-state index is 0.111. The molecule has 9 heteroatoms. The molecule has 1 aromatic carbocycles. The number of piperazine rings is 1. The van der Waals surface area contributed by atoms with Crippen LogP contribution < -0.4 is 16.0 Å².